The summed E-state index contributed by atoms with van der Waals surface area (Å²) in [6.45, 7) is 7.38. The van der Waals surface area contributed by atoms with Crippen LogP contribution in [0.25, 0.3) is 0 Å². The fourth-order valence-corrected chi connectivity index (χ4v) is 1.94. The zero-order chi connectivity index (χ0) is 18.6. The first-order chi connectivity index (χ1) is 11.0. The van der Waals surface area contributed by atoms with E-state index in [0.717, 1.165) is 0 Å². The van der Waals surface area contributed by atoms with Crippen molar-refractivity contribution in [3.8, 4) is 0 Å². The lowest BCUT2D eigenvalue weighted by Crippen LogP contribution is -1.98. The van der Waals surface area contributed by atoms with Gasteiger partial charge in [0.2, 0.25) is 0 Å². The summed E-state index contributed by atoms with van der Waals surface area (Å²) in [6.07, 6.45) is 0. The molecule has 0 aliphatic rings. The highest BCUT2D eigenvalue weighted by molar-refractivity contribution is 5.65. The number of nitro benzene ring substituents is 2. The predicted octanol–water partition coefficient (Wildman–Crippen LogP) is 3.59. The van der Waals surface area contributed by atoms with Crippen molar-refractivity contribution in [2.24, 2.45) is 0 Å². The molecule has 0 radical (unpaired) electrons. The zero-order valence-corrected chi connectivity index (χ0v) is 14.0. The standard InChI is InChI=1S/C8H8N2O4.C8H12N2/c1-5-3-7(9(11)12)8(10(13)14)4-6(5)2;1-5-3-7(9)8(10)4-6(5)2/h3-4H,1-2H3;3-4H,9-10H2,1-2H3. The highest BCUT2D eigenvalue weighted by Gasteiger charge is 2.24. The van der Waals surface area contributed by atoms with Crippen LogP contribution in [0.2, 0.25) is 0 Å². The summed E-state index contributed by atoms with van der Waals surface area (Å²) < 4.78 is 0. The summed E-state index contributed by atoms with van der Waals surface area (Å²) >= 11 is 0. The monoisotopic (exact) mass is 332 g/mol. The van der Waals surface area contributed by atoms with E-state index in [1.165, 1.54) is 23.3 Å². The van der Waals surface area contributed by atoms with E-state index < -0.39 is 21.2 Å². The Hall–Kier alpha value is -3.16. The molecule has 0 aliphatic heterocycles. The molecule has 0 bridgehead atoms. The number of hydrogen-bond acceptors (Lipinski definition) is 6. The SMILES string of the molecule is Cc1cc(N)c(N)cc1C.Cc1cc([N+](=O)[O-])c([N+](=O)[O-])cc1C. The Morgan fingerprint density at radius 1 is 0.667 bits per heavy atom. The largest absolute Gasteiger partial charge is 0.397 e. The molecule has 128 valence electrons. The number of nitrogens with two attached hydrogens (primary N) is 2. The normalized spacial score (nSPS) is 9.83. The topological polar surface area (TPSA) is 138 Å². The van der Waals surface area contributed by atoms with Crippen LogP contribution >= 0.6 is 0 Å². The van der Waals surface area contributed by atoms with Crippen LogP contribution in [0.5, 0.6) is 0 Å². The summed E-state index contributed by atoms with van der Waals surface area (Å²) in [6, 6.07) is 6.22. The number of nitrogen functional groups attached to an aromatic ring is 2. The summed E-state index contributed by atoms with van der Waals surface area (Å²) in [4.78, 5) is 19.5. The van der Waals surface area contributed by atoms with Crippen LogP contribution in [0.15, 0.2) is 24.3 Å². The molecular weight excluding hydrogens is 312 g/mol. The molecule has 0 spiro atoms. The van der Waals surface area contributed by atoms with Crippen LogP contribution in [-0.4, -0.2) is 9.85 Å². The van der Waals surface area contributed by atoms with Gasteiger partial charge in [0.25, 0.3) is 0 Å². The third-order valence-corrected chi connectivity index (χ3v) is 3.68. The molecule has 8 nitrogen and oxygen atoms in total. The van der Waals surface area contributed by atoms with E-state index in [1.807, 2.05) is 26.0 Å². The molecular formula is C16H20N4O4. The Bertz CT molecular complexity index is 714. The van der Waals surface area contributed by atoms with Gasteiger partial charge in [0, 0.05) is 12.1 Å². The van der Waals surface area contributed by atoms with Crippen LogP contribution in [0, 0.1) is 47.9 Å². The average Bonchev–Trinajstić information content (AvgIpc) is 2.48. The highest BCUT2D eigenvalue weighted by Crippen LogP contribution is 2.29. The van der Waals surface area contributed by atoms with E-state index in [0.29, 0.717) is 22.5 Å². The van der Waals surface area contributed by atoms with Crippen LogP contribution in [0.4, 0.5) is 22.7 Å². The Morgan fingerprint density at radius 2 is 0.917 bits per heavy atom. The van der Waals surface area contributed by atoms with E-state index in [-0.39, 0.29) is 0 Å². The number of nitrogens with zero attached hydrogens (tertiary/aromatic N) is 2. The van der Waals surface area contributed by atoms with Gasteiger partial charge in [-0.15, -0.1) is 0 Å². The van der Waals surface area contributed by atoms with Gasteiger partial charge in [-0.3, -0.25) is 20.2 Å². The molecule has 4 N–H and O–H groups in total. The molecule has 24 heavy (non-hydrogen) atoms. The minimum Gasteiger partial charge on any atom is -0.397 e. The third-order valence-electron chi connectivity index (χ3n) is 3.68. The quantitative estimate of drug-likeness (QED) is 0.489. The minimum atomic E-state index is -0.745. The van der Waals surface area contributed by atoms with Gasteiger partial charge in [-0.2, -0.15) is 0 Å². The maximum absolute atomic E-state index is 10.5. The smallest absolute Gasteiger partial charge is 0.346 e. The van der Waals surface area contributed by atoms with Crippen LogP contribution < -0.4 is 11.5 Å². The molecule has 0 unspecified atom stereocenters. The third kappa shape index (κ3) is 4.42. The van der Waals surface area contributed by atoms with Gasteiger partial charge >= 0.3 is 11.4 Å². The second-order valence-corrected chi connectivity index (χ2v) is 5.50. The van der Waals surface area contributed by atoms with Gasteiger partial charge in [-0.25, -0.2) is 0 Å². The molecule has 2 rings (SSSR count). The molecule has 0 saturated carbocycles. The van der Waals surface area contributed by atoms with Crippen molar-refractivity contribution in [3.05, 3.63) is 66.7 Å². The van der Waals surface area contributed by atoms with Gasteiger partial charge in [-0.05, 0) is 62.1 Å². The van der Waals surface area contributed by atoms with Crippen LogP contribution in [-0.2, 0) is 0 Å². The lowest BCUT2D eigenvalue weighted by Gasteiger charge is -2.03. The summed E-state index contributed by atoms with van der Waals surface area (Å²) in [5.41, 5.74) is 15.3. The molecule has 0 heterocycles. The second kappa shape index (κ2) is 7.40. The molecule has 2 aromatic rings. The fraction of sp³-hybridized carbons (Fsp3) is 0.250. The van der Waals surface area contributed by atoms with Crippen LogP contribution in [0.1, 0.15) is 22.3 Å². The molecule has 0 amide bonds. The molecule has 0 atom stereocenters. The number of anilines is 2. The molecule has 0 aromatic heterocycles. The molecule has 2 aromatic carbocycles. The number of aryl methyl sites for hydroxylation is 4. The first-order valence-electron chi connectivity index (χ1n) is 7.06. The second-order valence-electron chi connectivity index (χ2n) is 5.50. The van der Waals surface area contributed by atoms with Gasteiger partial charge < -0.3 is 11.5 Å². The Labute approximate surface area is 139 Å². The Kier molecular flexibility index (Phi) is 5.83. The van der Waals surface area contributed by atoms with Crippen LogP contribution in [0.3, 0.4) is 0 Å². The lowest BCUT2D eigenvalue weighted by molar-refractivity contribution is -0.422. The fourth-order valence-electron chi connectivity index (χ4n) is 1.94. The Balaban J connectivity index is 0.000000254. The van der Waals surface area contributed by atoms with Crippen molar-refractivity contribution in [3.63, 3.8) is 0 Å². The predicted molar refractivity (Wildman–Crippen MR) is 94.0 cm³/mol. The van der Waals surface area contributed by atoms with Crippen molar-refractivity contribution < 1.29 is 9.85 Å². The van der Waals surface area contributed by atoms with Gasteiger partial charge in [0.15, 0.2) is 0 Å². The van der Waals surface area contributed by atoms with E-state index in [4.69, 9.17) is 11.5 Å². The maximum Gasteiger partial charge on any atom is 0.346 e. The molecule has 0 saturated heterocycles. The number of rotatable bonds is 2. The van der Waals surface area contributed by atoms with Crippen molar-refractivity contribution in [1.29, 1.82) is 0 Å². The number of nitro groups is 2. The first-order valence-corrected chi connectivity index (χ1v) is 7.06. The summed E-state index contributed by atoms with van der Waals surface area (Å²) in [7, 11) is 0. The molecule has 8 heteroatoms. The van der Waals surface area contributed by atoms with Crippen molar-refractivity contribution in [1.82, 2.24) is 0 Å². The van der Waals surface area contributed by atoms with E-state index in [2.05, 4.69) is 0 Å². The highest BCUT2D eigenvalue weighted by atomic mass is 16.6. The van der Waals surface area contributed by atoms with E-state index >= 15 is 0 Å². The first kappa shape index (κ1) is 18.9. The van der Waals surface area contributed by atoms with Crippen molar-refractivity contribution in [2.75, 3.05) is 11.5 Å². The average molecular weight is 332 g/mol. The Morgan fingerprint density at radius 3 is 1.17 bits per heavy atom. The van der Waals surface area contributed by atoms with Crippen molar-refractivity contribution >= 4 is 22.7 Å². The van der Waals surface area contributed by atoms with Gasteiger partial charge in [0.1, 0.15) is 0 Å². The summed E-state index contributed by atoms with van der Waals surface area (Å²) in [5, 5.41) is 21.0. The number of benzene rings is 2. The molecule has 0 aliphatic carbocycles. The van der Waals surface area contributed by atoms with E-state index in [1.54, 1.807) is 13.8 Å². The zero-order valence-electron chi connectivity index (χ0n) is 14.0. The maximum atomic E-state index is 10.5. The lowest BCUT2D eigenvalue weighted by atomic mass is 10.1. The number of hydrogen-bond donors (Lipinski definition) is 2. The summed E-state index contributed by atoms with van der Waals surface area (Å²) in [5.74, 6) is 0. The van der Waals surface area contributed by atoms with Gasteiger partial charge in [0.05, 0.1) is 21.2 Å². The van der Waals surface area contributed by atoms with Crippen molar-refractivity contribution in [2.45, 2.75) is 27.7 Å². The minimum absolute atomic E-state index is 0.460. The molecule has 0 fully saturated rings. The van der Waals surface area contributed by atoms with Gasteiger partial charge in [-0.1, -0.05) is 0 Å². The van der Waals surface area contributed by atoms with E-state index in [9.17, 15) is 20.2 Å².